The fraction of sp³-hybridized carbons (Fsp3) is 0. The quantitative estimate of drug-likeness (QED) is 0.425. The molecule has 0 spiro atoms. The van der Waals surface area contributed by atoms with Crippen molar-refractivity contribution in [2.45, 2.75) is 0 Å². The van der Waals surface area contributed by atoms with Crippen molar-refractivity contribution in [3.8, 4) is 0 Å². The van der Waals surface area contributed by atoms with Gasteiger partial charge in [0.05, 0.1) is 0 Å². The third-order valence-corrected chi connectivity index (χ3v) is 0.275. The zero-order chi connectivity index (χ0) is 5.15. The van der Waals surface area contributed by atoms with Gasteiger partial charge in [-0.05, 0) is 0 Å². The van der Waals surface area contributed by atoms with E-state index in [0.29, 0.717) is 0 Å². The molecule has 0 aromatic rings. The number of carboxylic acids is 1. The Morgan fingerprint density at radius 2 is 2.00 bits per heavy atom. The van der Waals surface area contributed by atoms with Crippen molar-refractivity contribution >= 4 is 5.97 Å². The predicted octanol–water partition coefficient (Wildman–Crippen LogP) is -0.457. The van der Waals surface area contributed by atoms with E-state index in [0.717, 1.165) is 0 Å². The standard InChI is InChI=1S/C3H5NO2/c1-2(4)3(5)6/h1,4H2,(H,5,6). The number of nitrogens with two attached hydrogens (primary N) is 1. The third-order valence-electron chi connectivity index (χ3n) is 0.275. The summed E-state index contributed by atoms with van der Waals surface area (Å²) in [5, 5.41) is 7.77. The van der Waals surface area contributed by atoms with E-state index in [2.05, 4.69) is 12.3 Å². The SMILES string of the molecule is C=C(N)C(=O)O. The molecule has 0 heterocycles. The zero-order valence-corrected chi connectivity index (χ0v) is 3.14. The Hall–Kier alpha value is -0.990. The molecule has 3 N–H and O–H groups in total. The molecule has 3 heteroatoms. The Bertz CT molecular complexity index is 74.8. The maximum absolute atomic E-state index is 9.47. The molecule has 0 aromatic heterocycles. The molecule has 0 fully saturated rings. The number of rotatable bonds is 1. The zero-order valence-electron chi connectivity index (χ0n) is 3.14. The summed E-state index contributed by atoms with van der Waals surface area (Å²) in [4.78, 5) is 9.47. The first-order chi connectivity index (χ1) is 2.64. The van der Waals surface area contributed by atoms with Crippen molar-refractivity contribution in [2.24, 2.45) is 5.73 Å². The number of hydrogen-bond acceptors (Lipinski definition) is 2. The molecule has 3 nitrogen and oxygen atoms in total. The highest BCUT2D eigenvalue weighted by Crippen LogP contribution is 1.69. The maximum Gasteiger partial charge on any atom is 0.351 e. The first-order valence-corrected chi connectivity index (χ1v) is 1.32. The molecule has 0 atom stereocenters. The Labute approximate surface area is 35.1 Å². The van der Waals surface area contributed by atoms with Gasteiger partial charge in [-0.3, -0.25) is 0 Å². The second-order valence-electron chi connectivity index (χ2n) is 0.830. The van der Waals surface area contributed by atoms with E-state index >= 15 is 0 Å². The van der Waals surface area contributed by atoms with Gasteiger partial charge in [0.15, 0.2) is 0 Å². The fourth-order valence-electron chi connectivity index (χ4n) is 0. The topological polar surface area (TPSA) is 63.3 Å². The van der Waals surface area contributed by atoms with Gasteiger partial charge in [0.25, 0.3) is 0 Å². The molecule has 34 valence electrons. The van der Waals surface area contributed by atoms with Crippen molar-refractivity contribution < 1.29 is 9.90 Å². The van der Waals surface area contributed by atoms with Crippen molar-refractivity contribution in [3.63, 3.8) is 0 Å². The van der Waals surface area contributed by atoms with E-state index in [1.165, 1.54) is 0 Å². The van der Waals surface area contributed by atoms with Gasteiger partial charge in [-0.25, -0.2) is 4.79 Å². The molecule has 0 saturated heterocycles. The van der Waals surface area contributed by atoms with Crippen LogP contribution in [0, 0.1) is 0 Å². The van der Waals surface area contributed by atoms with Gasteiger partial charge in [-0.15, -0.1) is 0 Å². The average molecular weight is 87.1 g/mol. The average Bonchev–Trinajstić information content (AvgIpc) is 1.36. The van der Waals surface area contributed by atoms with Gasteiger partial charge in [-0.1, -0.05) is 6.58 Å². The summed E-state index contributed by atoms with van der Waals surface area (Å²) in [6.07, 6.45) is 0. The first kappa shape index (κ1) is 5.01. The molecular formula is C3H5NO2. The number of carboxylic acid groups (broad SMARTS) is 1. The van der Waals surface area contributed by atoms with E-state index in [4.69, 9.17) is 5.11 Å². The first-order valence-electron chi connectivity index (χ1n) is 1.32. The number of carbonyl (C=O) groups is 1. The Kier molecular flexibility index (Phi) is 1.21. The highest BCUT2D eigenvalue weighted by atomic mass is 16.4. The van der Waals surface area contributed by atoms with Crippen molar-refractivity contribution in [1.82, 2.24) is 0 Å². The van der Waals surface area contributed by atoms with E-state index in [1.54, 1.807) is 0 Å². The summed E-state index contributed by atoms with van der Waals surface area (Å²) >= 11 is 0. The van der Waals surface area contributed by atoms with Crippen LogP contribution < -0.4 is 5.73 Å². The summed E-state index contributed by atoms with van der Waals surface area (Å²) in [7, 11) is 0. The van der Waals surface area contributed by atoms with Crippen LogP contribution >= 0.6 is 0 Å². The lowest BCUT2D eigenvalue weighted by Gasteiger charge is -1.81. The monoisotopic (exact) mass is 87.0 g/mol. The molecule has 0 aliphatic heterocycles. The molecule has 0 amide bonds. The Balaban J connectivity index is 3.57. The molecule has 6 heavy (non-hydrogen) atoms. The fourth-order valence-corrected chi connectivity index (χ4v) is 0. The van der Waals surface area contributed by atoms with Crippen LogP contribution in [0.3, 0.4) is 0 Å². The van der Waals surface area contributed by atoms with Crippen LogP contribution in [0.2, 0.25) is 0 Å². The highest BCUT2D eigenvalue weighted by Gasteiger charge is 1.91. The van der Waals surface area contributed by atoms with Gasteiger partial charge in [0, 0.05) is 0 Å². The van der Waals surface area contributed by atoms with Gasteiger partial charge < -0.3 is 10.8 Å². The van der Waals surface area contributed by atoms with Crippen LogP contribution in [0.4, 0.5) is 0 Å². The molecule has 0 aliphatic rings. The van der Waals surface area contributed by atoms with Gasteiger partial charge in [0.1, 0.15) is 5.70 Å². The largest absolute Gasteiger partial charge is 0.477 e. The van der Waals surface area contributed by atoms with Crippen LogP contribution in [0.5, 0.6) is 0 Å². The van der Waals surface area contributed by atoms with Crippen LogP contribution in [-0.2, 0) is 4.79 Å². The molecule has 0 saturated carbocycles. The summed E-state index contributed by atoms with van der Waals surface area (Å²) in [5.74, 6) is -1.16. The van der Waals surface area contributed by atoms with Crippen LogP contribution in [0.1, 0.15) is 0 Å². The summed E-state index contributed by atoms with van der Waals surface area (Å²) < 4.78 is 0. The maximum atomic E-state index is 9.47. The lowest BCUT2D eigenvalue weighted by molar-refractivity contribution is -0.132. The minimum absolute atomic E-state index is 0.324. The molecule has 0 unspecified atom stereocenters. The number of aliphatic carboxylic acids is 1. The van der Waals surface area contributed by atoms with Gasteiger partial charge in [-0.2, -0.15) is 0 Å². The summed E-state index contributed by atoms with van der Waals surface area (Å²) in [6, 6.07) is 0. The van der Waals surface area contributed by atoms with Gasteiger partial charge >= 0.3 is 5.97 Å². The second kappa shape index (κ2) is 1.45. The highest BCUT2D eigenvalue weighted by molar-refractivity contribution is 5.84. The molecule has 0 bridgehead atoms. The molecule has 0 aromatic carbocycles. The minimum atomic E-state index is -1.16. The number of hydrogen-bond donors (Lipinski definition) is 2. The normalized spacial score (nSPS) is 7.33. The Morgan fingerprint density at radius 3 is 2.00 bits per heavy atom. The lowest BCUT2D eigenvalue weighted by atomic mass is 10.5. The van der Waals surface area contributed by atoms with Crippen LogP contribution in [-0.4, -0.2) is 11.1 Å². The summed E-state index contributed by atoms with van der Waals surface area (Å²) in [5.41, 5.74) is 4.32. The predicted molar refractivity (Wildman–Crippen MR) is 21.0 cm³/mol. The van der Waals surface area contributed by atoms with E-state index in [-0.39, 0.29) is 5.70 Å². The third kappa shape index (κ3) is 1.34. The van der Waals surface area contributed by atoms with Crippen molar-refractivity contribution in [2.75, 3.05) is 0 Å². The van der Waals surface area contributed by atoms with Crippen molar-refractivity contribution in [3.05, 3.63) is 12.3 Å². The van der Waals surface area contributed by atoms with E-state index in [1.807, 2.05) is 0 Å². The molecular weight excluding hydrogens is 82.0 g/mol. The lowest BCUT2D eigenvalue weighted by Crippen LogP contribution is -2.06. The smallest absolute Gasteiger partial charge is 0.351 e. The second-order valence-corrected chi connectivity index (χ2v) is 0.830. The molecule has 0 radical (unpaired) electrons. The van der Waals surface area contributed by atoms with Crippen molar-refractivity contribution in [1.29, 1.82) is 0 Å². The Morgan fingerprint density at radius 1 is 1.83 bits per heavy atom. The molecule has 0 rings (SSSR count). The van der Waals surface area contributed by atoms with E-state index in [9.17, 15) is 4.79 Å². The van der Waals surface area contributed by atoms with Gasteiger partial charge in [0.2, 0.25) is 0 Å². The molecule has 0 aliphatic carbocycles. The van der Waals surface area contributed by atoms with Crippen LogP contribution in [0.15, 0.2) is 12.3 Å². The minimum Gasteiger partial charge on any atom is -0.477 e. The van der Waals surface area contributed by atoms with Crippen LogP contribution in [0.25, 0.3) is 0 Å². The summed E-state index contributed by atoms with van der Waals surface area (Å²) in [6.45, 7) is 2.93. The van der Waals surface area contributed by atoms with E-state index < -0.39 is 5.97 Å².